The molecule has 3 heteroatoms. The van der Waals surface area contributed by atoms with E-state index in [2.05, 4.69) is 56.3 Å². The van der Waals surface area contributed by atoms with Crippen LogP contribution in [-0.4, -0.2) is 0 Å². The van der Waals surface area contributed by atoms with Crippen LogP contribution < -0.4 is 10.6 Å². The average molecular weight is 422 g/mol. The fraction of sp³-hybridized carbons (Fsp3) is 0.0714. The van der Waals surface area contributed by atoms with E-state index in [0.29, 0.717) is 11.1 Å². The Morgan fingerprint density at radius 3 is 1.97 bits per heavy atom. The molecule has 4 aromatic rings. The van der Waals surface area contributed by atoms with Gasteiger partial charge in [-0.2, -0.15) is 0 Å². The number of rotatable bonds is 3. The number of aryl methyl sites for hydroxylation is 2. The smallest absolute Gasteiger partial charge is 0.307 e. The average Bonchev–Trinajstić information content (AvgIpc) is 2.79. The van der Waals surface area contributed by atoms with Crippen molar-refractivity contribution >= 4 is 29.3 Å². The van der Waals surface area contributed by atoms with Crippen molar-refractivity contribution < 1.29 is 9.09 Å². The Labute approximate surface area is 183 Å². The van der Waals surface area contributed by atoms with Crippen LogP contribution >= 0.6 is 7.37 Å². The van der Waals surface area contributed by atoms with Gasteiger partial charge in [0, 0.05) is 16.7 Å². The highest BCUT2D eigenvalue weighted by molar-refractivity contribution is 7.74. The monoisotopic (exact) mass is 422 g/mol. The van der Waals surface area contributed by atoms with E-state index in [4.69, 9.17) is 4.52 Å². The van der Waals surface area contributed by atoms with Crippen molar-refractivity contribution in [1.29, 1.82) is 0 Å². The molecule has 0 N–H and O–H groups in total. The Morgan fingerprint density at radius 2 is 1.26 bits per heavy atom. The first-order chi connectivity index (χ1) is 15.1. The summed E-state index contributed by atoms with van der Waals surface area (Å²) in [6.45, 7) is 4.14. The summed E-state index contributed by atoms with van der Waals surface area (Å²) in [6.07, 6.45) is 0. The molecule has 1 unspecified atom stereocenters. The van der Waals surface area contributed by atoms with Crippen LogP contribution in [0.15, 0.2) is 103 Å². The summed E-state index contributed by atoms with van der Waals surface area (Å²) in [7, 11) is -3.32. The fourth-order valence-corrected chi connectivity index (χ4v) is 6.46. The van der Waals surface area contributed by atoms with Gasteiger partial charge >= 0.3 is 7.37 Å². The number of hydrogen-bond acceptors (Lipinski definition) is 2. The first-order valence-electron chi connectivity index (χ1n) is 10.4. The molecule has 1 aliphatic rings. The molecular formula is C28H23O2P. The van der Waals surface area contributed by atoms with Gasteiger partial charge in [-0.15, -0.1) is 0 Å². The van der Waals surface area contributed by atoms with Gasteiger partial charge in [-0.3, -0.25) is 4.57 Å². The zero-order chi connectivity index (χ0) is 21.4. The quantitative estimate of drug-likeness (QED) is 0.353. The lowest BCUT2D eigenvalue weighted by molar-refractivity contribution is 0.480. The summed E-state index contributed by atoms with van der Waals surface area (Å²) in [4.78, 5) is 0. The standard InChI is InChI=1S/C28H23O2P/c1-20-10-8-12-22(18-20)27-25-16-6-7-17-26(25)31(29,24-14-4-3-5-15-24)30-28(27)23-13-9-11-21(2)19-23/h3-19H,1-2H3. The van der Waals surface area contributed by atoms with Gasteiger partial charge < -0.3 is 4.52 Å². The van der Waals surface area contributed by atoms with E-state index in [-0.39, 0.29) is 0 Å². The Balaban J connectivity index is 1.86. The van der Waals surface area contributed by atoms with E-state index in [1.807, 2.05) is 60.7 Å². The first kappa shape index (κ1) is 19.6. The minimum Gasteiger partial charge on any atom is -0.436 e. The van der Waals surface area contributed by atoms with Crippen LogP contribution in [0.4, 0.5) is 0 Å². The van der Waals surface area contributed by atoms with E-state index in [0.717, 1.165) is 33.1 Å². The van der Waals surface area contributed by atoms with E-state index in [1.165, 1.54) is 5.56 Å². The second-order valence-corrected chi connectivity index (χ2v) is 10.2. The van der Waals surface area contributed by atoms with Gasteiger partial charge in [-0.1, -0.05) is 90.0 Å². The topological polar surface area (TPSA) is 26.3 Å². The van der Waals surface area contributed by atoms with Crippen LogP contribution in [0.1, 0.15) is 27.8 Å². The highest BCUT2D eigenvalue weighted by Crippen LogP contribution is 2.56. The Hall–Kier alpha value is -3.35. The molecule has 0 fully saturated rings. The molecule has 1 atom stereocenters. The molecule has 5 rings (SSSR count). The van der Waals surface area contributed by atoms with Gasteiger partial charge in [0.2, 0.25) is 0 Å². The van der Waals surface area contributed by atoms with Crippen molar-refractivity contribution in [3.8, 4) is 0 Å². The molecule has 31 heavy (non-hydrogen) atoms. The van der Waals surface area contributed by atoms with Crippen LogP contribution in [0.5, 0.6) is 0 Å². The van der Waals surface area contributed by atoms with Gasteiger partial charge in [0.15, 0.2) is 0 Å². The van der Waals surface area contributed by atoms with Gasteiger partial charge in [-0.25, -0.2) is 0 Å². The Kier molecular flexibility index (Phi) is 4.88. The molecule has 0 saturated heterocycles. The molecule has 0 spiro atoms. The third kappa shape index (κ3) is 3.44. The molecule has 152 valence electrons. The van der Waals surface area contributed by atoms with E-state index in [1.54, 1.807) is 0 Å². The largest absolute Gasteiger partial charge is 0.436 e. The van der Waals surface area contributed by atoms with E-state index in [9.17, 15) is 4.57 Å². The second-order valence-electron chi connectivity index (χ2n) is 7.94. The SMILES string of the molecule is Cc1cccc(C2=C(c3cccc(C)c3)c3ccccc3P(=O)(c3ccccc3)O2)c1. The number of benzene rings is 4. The molecule has 4 aromatic carbocycles. The van der Waals surface area contributed by atoms with Crippen molar-refractivity contribution in [3.05, 3.63) is 131 Å². The lowest BCUT2D eigenvalue weighted by Crippen LogP contribution is -2.25. The van der Waals surface area contributed by atoms with E-state index < -0.39 is 7.37 Å². The van der Waals surface area contributed by atoms with Crippen molar-refractivity contribution in [1.82, 2.24) is 0 Å². The lowest BCUT2D eigenvalue weighted by atomic mass is 9.93. The number of fused-ring (bicyclic) bond motifs is 1. The first-order valence-corrected chi connectivity index (χ1v) is 12.0. The molecule has 1 heterocycles. The van der Waals surface area contributed by atoms with Crippen molar-refractivity contribution in [2.45, 2.75) is 13.8 Å². The summed E-state index contributed by atoms with van der Waals surface area (Å²) >= 11 is 0. The van der Waals surface area contributed by atoms with Crippen molar-refractivity contribution in [2.24, 2.45) is 0 Å². The lowest BCUT2D eigenvalue weighted by Gasteiger charge is -2.31. The van der Waals surface area contributed by atoms with Crippen LogP contribution in [0.25, 0.3) is 11.3 Å². The molecule has 0 aromatic heterocycles. The molecule has 2 nitrogen and oxygen atoms in total. The summed E-state index contributed by atoms with van der Waals surface area (Å²) in [5, 5.41) is 1.45. The van der Waals surface area contributed by atoms with Crippen molar-refractivity contribution in [2.75, 3.05) is 0 Å². The van der Waals surface area contributed by atoms with Crippen LogP contribution in [0, 0.1) is 13.8 Å². The van der Waals surface area contributed by atoms with Crippen LogP contribution in [0.3, 0.4) is 0 Å². The summed E-state index contributed by atoms with van der Waals surface area (Å²) in [5.74, 6) is 0.667. The fourth-order valence-electron chi connectivity index (χ4n) is 4.17. The summed E-state index contributed by atoms with van der Waals surface area (Å²) in [5.41, 5.74) is 6.23. The predicted molar refractivity (Wildman–Crippen MR) is 129 cm³/mol. The maximum Gasteiger partial charge on any atom is 0.307 e. The van der Waals surface area contributed by atoms with Crippen LogP contribution in [-0.2, 0) is 9.09 Å². The molecule has 0 saturated carbocycles. The molecular weight excluding hydrogens is 399 g/mol. The minimum absolute atomic E-state index is 0.667. The molecule has 0 aliphatic carbocycles. The third-order valence-corrected chi connectivity index (χ3v) is 8.06. The van der Waals surface area contributed by atoms with Crippen LogP contribution in [0.2, 0.25) is 0 Å². The third-order valence-electron chi connectivity index (χ3n) is 5.62. The zero-order valence-corrected chi connectivity index (χ0v) is 18.5. The summed E-state index contributed by atoms with van der Waals surface area (Å²) in [6, 6.07) is 34.1. The predicted octanol–water partition coefficient (Wildman–Crippen LogP) is 6.48. The van der Waals surface area contributed by atoms with Gasteiger partial charge in [0.1, 0.15) is 5.76 Å². The highest BCUT2D eigenvalue weighted by Gasteiger charge is 2.39. The summed E-state index contributed by atoms with van der Waals surface area (Å²) < 4.78 is 21.1. The Morgan fingerprint density at radius 1 is 0.645 bits per heavy atom. The van der Waals surface area contributed by atoms with Gasteiger partial charge in [-0.05, 0) is 43.7 Å². The molecule has 0 bridgehead atoms. The van der Waals surface area contributed by atoms with Gasteiger partial charge in [0.05, 0.1) is 10.6 Å². The van der Waals surface area contributed by atoms with Gasteiger partial charge in [0.25, 0.3) is 0 Å². The highest BCUT2D eigenvalue weighted by atomic mass is 31.2. The maximum atomic E-state index is 14.5. The molecule has 1 aliphatic heterocycles. The second kappa shape index (κ2) is 7.72. The molecule has 0 amide bonds. The Bertz CT molecular complexity index is 1350. The normalized spacial score (nSPS) is 17.7. The van der Waals surface area contributed by atoms with E-state index >= 15 is 0 Å². The minimum atomic E-state index is -3.32. The zero-order valence-electron chi connectivity index (χ0n) is 17.6. The molecule has 0 radical (unpaired) electrons. The maximum absolute atomic E-state index is 14.5. The number of hydrogen-bond donors (Lipinski definition) is 0. The van der Waals surface area contributed by atoms with Crippen molar-refractivity contribution in [3.63, 3.8) is 0 Å².